The number of nitrogens with two attached hydrogens (primary N) is 1. The van der Waals surface area contributed by atoms with Gasteiger partial charge >= 0.3 is 0 Å². The molecular formula is C12H13N3. The van der Waals surface area contributed by atoms with Crippen molar-refractivity contribution >= 4 is 5.82 Å². The lowest BCUT2D eigenvalue weighted by molar-refractivity contribution is 0.966. The van der Waals surface area contributed by atoms with Gasteiger partial charge in [-0.2, -0.15) is 0 Å². The molecule has 3 nitrogen and oxygen atoms in total. The highest BCUT2D eigenvalue weighted by Gasteiger charge is 2.01. The molecular weight excluding hydrogens is 186 g/mol. The molecule has 1 aromatic carbocycles. The fraction of sp³-hybridized carbons (Fsp3) is 0.167. The predicted molar refractivity (Wildman–Crippen MR) is 60.4 cm³/mol. The quantitative estimate of drug-likeness (QED) is 0.804. The minimum Gasteiger partial charge on any atom is -0.384 e. The first-order valence-electron chi connectivity index (χ1n) is 4.87. The highest BCUT2D eigenvalue weighted by Crippen LogP contribution is 2.11. The Bertz CT molecular complexity index is 466. The zero-order valence-corrected chi connectivity index (χ0v) is 8.64. The average Bonchev–Trinajstić information content (AvgIpc) is 2.22. The summed E-state index contributed by atoms with van der Waals surface area (Å²) in [5, 5.41) is 0. The van der Waals surface area contributed by atoms with Gasteiger partial charge in [0.25, 0.3) is 0 Å². The number of aryl methyl sites for hydroxylation is 1. The van der Waals surface area contributed by atoms with Crippen molar-refractivity contribution in [1.82, 2.24) is 9.97 Å². The molecule has 0 saturated carbocycles. The third-order valence-electron chi connectivity index (χ3n) is 2.34. The molecule has 0 radical (unpaired) electrons. The minimum atomic E-state index is 0.522. The molecule has 0 aliphatic carbocycles. The van der Waals surface area contributed by atoms with Crippen LogP contribution in [-0.4, -0.2) is 9.97 Å². The normalized spacial score (nSPS) is 10.2. The lowest BCUT2D eigenvalue weighted by atomic mass is 10.1. The van der Waals surface area contributed by atoms with Crippen LogP contribution in [0.1, 0.15) is 17.0 Å². The summed E-state index contributed by atoms with van der Waals surface area (Å²) >= 11 is 0. The fourth-order valence-electron chi connectivity index (χ4n) is 1.48. The van der Waals surface area contributed by atoms with Crippen LogP contribution >= 0.6 is 0 Å². The van der Waals surface area contributed by atoms with Gasteiger partial charge in [-0.1, -0.05) is 24.3 Å². The standard InChI is InChI=1S/C12H13N3/c1-9-4-2-3-5-10(9)8-12-14-7-6-11(13)15-12/h2-7H,8H2,1H3,(H2,13,14,15). The second-order valence-corrected chi connectivity index (χ2v) is 3.50. The second kappa shape index (κ2) is 4.09. The largest absolute Gasteiger partial charge is 0.384 e. The van der Waals surface area contributed by atoms with Crippen molar-refractivity contribution in [2.75, 3.05) is 5.73 Å². The molecule has 0 aliphatic heterocycles. The predicted octanol–water partition coefficient (Wildman–Crippen LogP) is 1.96. The number of nitrogens with zero attached hydrogens (tertiary/aromatic N) is 2. The molecule has 1 aromatic heterocycles. The molecule has 76 valence electrons. The van der Waals surface area contributed by atoms with E-state index in [1.165, 1.54) is 11.1 Å². The van der Waals surface area contributed by atoms with E-state index in [4.69, 9.17) is 5.73 Å². The van der Waals surface area contributed by atoms with Gasteiger partial charge in [-0.05, 0) is 24.1 Å². The number of hydrogen-bond acceptors (Lipinski definition) is 3. The van der Waals surface area contributed by atoms with E-state index in [1.54, 1.807) is 12.3 Å². The highest BCUT2D eigenvalue weighted by molar-refractivity contribution is 5.30. The monoisotopic (exact) mass is 199 g/mol. The van der Waals surface area contributed by atoms with Crippen molar-refractivity contribution in [2.45, 2.75) is 13.3 Å². The van der Waals surface area contributed by atoms with Gasteiger partial charge in [0.15, 0.2) is 0 Å². The Morgan fingerprint density at radius 3 is 2.73 bits per heavy atom. The second-order valence-electron chi connectivity index (χ2n) is 3.50. The first-order valence-corrected chi connectivity index (χ1v) is 4.87. The summed E-state index contributed by atoms with van der Waals surface area (Å²) in [4.78, 5) is 8.36. The summed E-state index contributed by atoms with van der Waals surface area (Å²) in [5.41, 5.74) is 8.09. The maximum atomic E-state index is 5.60. The van der Waals surface area contributed by atoms with Crippen molar-refractivity contribution in [3.8, 4) is 0 Å². The number of rotatable bonds is 2. The number of benzene rings is 1. The number of hydrogen-bond donors (Lipinski definition) is 1. The number of anilines is 1. The highest BCUT2D eigenvalue weighted by atomic mass is 14.9. The van der Waals surface area contributed by atoms with Gasteiger partial charge in [0.1, 0.15) is 11.6 Å². The van der Waals surface area contributed by atoms with Gasteiger partial charge in [0.2, 0.25) is 0 Å². The Hall–Kier alpha value is -1.90. The summed E-state index contributed by atoms with van der Waals surface area (Å²) < 4.78 is 0. The van der Waals surface area contributed by atoms with Crippen LogP contribution in [0.15, 0.2) is 36.5 Å². The van der Waals surface area contributed by atoms with Crippen LogP contribution in [0.4, 0.5) is 5.82 Å². The van der Waals surface area contributed by atoms with Crippen LogP contribution in [-0.2, 0) is 6.42 Å². The molecule has 2 N–H and O–H groups in total. The van der Waals surface area contributed by atoms with Crippen LogP contribution in [0.2, 0.25) is 0 Å². The van der Waals surface area contributed by atoms with E-state index in [2.05, 4.69) is 29.0 Å². The van der Waals surface area contributed by atoms with E-state index in [0.29, 0.717) is 5.82 Å². The lowest BCUT2D eigenvalue weighted by Crippen LogP contribution is -2.00. The van der Waals surface area contributed by atoms with Crippen molar-refractivity contribution in [2.24, 2.45) is 0 Å². The van der Waals surface area contributed by atoms with Gasteiger partial charge in [0.05, 0.1) is 0 Å². The molecule has 0 unspecified atom stereocenters. The maximum absolute atomic E-state index is 5.60. The van der Waals surface area contributed by atoms with Crippen LogP contribution in [0.3, 0.4) is 0 Å². The summed E-state index contributed by atoms with van der Waals surface area (Å²) in [6.07, 6.45) is 2.42. The third-order valence-corrected chi connectivity index (χ3v) is 2.34. The first kappa shape index (κ1) is 9.65. The average molecular weight is 199 g/mol. The molecule has 0 fully saturated rings. The Balaban J connectivity index is 2.26. The third kappa shape index (κ3) is 2.31. The molecule has 2 rings (SSSR count). The van der Waals surface area contributed by atoms with Gasteiger partial charge in [-0.15, -0.1) is 0 Å². The Kier molecular flexibility index (Phi) is 2.63. The van der Waals surface area contributed by atoms with E-state index < -0.39 is 0 Å². The van der Waals surface area contributed by atoms with Gasteiger partial charge in [0, 0.05) is 12.6 Å². The molecule has 15 heavy (non-hydrogen) atoms. The van der Waals surface area contributed by atoms with Gasteiger partial charge in [-0.3, -0.25) is 0 Å². The van der Waals surface area contributed by atoms with Gasteiger partial charge in [-0.25, -0.2) is 9.97 Å². The molecule has 1 heterocycles. The smallest absolute Gasteiger partial charge is 0.135 e. The van der Waals surface area contributed by atoms with E-state index in [1.807, 2.05) is 12.1 Å². The van der Waals surface area contributed by atoms with Crippen molar-refractivity contribution in [3.05, 3.63) is 53.5 Å². The molecule has 0 amide bonds. The zero-order valence-electron chi connectivity index (χ0n) is 8.64. The number of aromatic nitrogens is 2. The fourth-order valence-corrected chi connectivity index (χ4v) is 1.48. The van der Waals surface area contributed by atoms with Gasteiger partial charge < -0.3 is 5.73 Å². The summed E-state index contributed by atoms with van der Waals surface area (Å²) in [7, 11) is 0. The zero-order chi connectivity index (χ0) is 10.7. The summed E-state index contributed by atoms with van der Waals surface area (Å²) in [5.74, 6) is 1.29. The van der Waals surface area contributed by atoms with E-state index >= 15 is 0 Å². The molecule has 0 saturated heterocycles. The molecule has 0 spiro atoms. The molecule has 2 aromatic rings. The van der Waals surface area contributed by atoms with Crippen LogP contribution in [0, 0.1) is 6.92 Å². The Morgan fingerprint density at radius 2 is 2.00 bits per heavy atom. The minimum absolute atomic E-state index is 0.522. The molecule has 0 atom stereocenters. The van der Waals surface area contributed by atoms with Crippen LogP contribution in [0.25, 0.3) is 0 Å². The Morgan fingerprint density at radius 1 is 1.20 bits per heavy atom. The van der Waals surface area contributed by atoms with Crippen molar-refractivity contribution in [3.63, 3.8) is 0 Å². The summed E-state index contributed by atoms with van der Waals surface area (Å²) in [6, 6.07) is 9.92. The SMILES string of the molecule is Cc1ccccc1Cc1nccc(N)n1. The van der Waals surface area contributed by atoms with Crippen molar-refractivity contribution in [1.29, 1.82) is 0 Å². The maximum Gasteiger partial charge on any atom is 0.135 e. The molecule has 0 bridgehead atoms. The molecule has 3 heteroatoms. The van der Waals surface area contributed by atoms with E-state index in [9.17, 15) is 0 Å². The van der Waals surface area contributed by atoms with Crippen LogP contribution < -0.4 is 5.73 Å². The van der Waals surface area contributed by atoms with E-state index in [0.717, 1.165) is 12.2 Å². The Labute approximate surface area is 89.0 Å². The first-order chi connectivity index (χ1) is 7.25. The molecule has 0 aliphatic rings. The number of nitrogen functional groups attached to an aromatic ring is 1. The van der Waals surface area contributed by atoms with E-state index in [-0.39, 0.29) is 0 Å². The topological polar surface area (TPSA) is 51.8 Å². The summed E-state index contributed by atoms with van der Waals surface area (Å²) in [6.45, 7) is 2.08. The lowest BCUT2D eigenvalue weighted by Gasteiger charge is -2.04. The van der Waals surface area contributed by atoms with Crippen molar-refractivity contribution < 1.29 is 0 Å². The van der Waals surface area contributed by atoms with Crippen LogP contribution in [0.5, 0.6) is 0 Å².